The van der Waals surface area contributed by atoms with Crippen molar-refractivity contribution in [1.29, 1.82) is 0 Å². The minimum Gasteiger partial charge on any atom is -0.464 e. The van der Waals surface area contributed by atoms with Gasteiger partial charge in [-0.15, -0.1) is 0 Å². The molecular formula is C15H21NO. The highest BCUT2D eigenvalue weighted by molar-refractivity contribution is 5.86. The molecule has 2 N–H and O–H groups in total. The topological polar surface area (TPSA) is 39.2 Å². The first kappa shape index (κ1) is 12.2. The molecule has 2 heteroatoms. The summed E-state index contributed by atoms with van der Waals surface area (Å²) in [5.74, 6) is 0.957. The van der Waals surface area contributed by atoms with Gasteiger partial charge in [-0.05, 0) is 34.6 Å². The van der Waals surface area contributed by atoms with E-state index in [2.05, 4.69) is 33.8 Å². The van der Waals surface area contributed by atoms with E-state index in [4.69, 9.17) is 10.2 Å². The third-order valence-corrected chi connectivity index (χ3v) is 3.36. The van der Waals surface area contributed by atoms with Crippen LogP contribution in [-0.2, 0) is 6.54 Å². The summed E-state index contributed by atoms with van der Waals surface area (Å²) < 4.78 is 5.63. The van der Waals surface area contributed by atoms with Crippen molar-refractivity contribution in [2.45, 2.75) is 46.1 Å². The van der Waals surface area contributed by atoms with Gasteiger partial charge in [-0.3, -0.25) is 0 Å². The van der Waals surface area contributed by atoms with Gasteiger partial charge in [-0.25, -0.2) is 0 Å². The number of hydrogen-bond acceptors (Lipinski definition) is 2. The lowest BCUT2D eigenvalue weighted by atomic mass is 9.89. The Morgan fingerprint density at radius 3 is 2.29 bits per heavy atom. The molecule has 0 atom stereocenters. The predicted molar refractivity (Wildman–Crippen MR) is 72.3 cm³/mol. The van der Waals surface area contributed by atoms with Crippen LogP contribution in [0.2, 0.25) is 0 Å². The maximum atomic E-state index is 5.90. The third kappa shape index (κ3) is 1.98. The number of nitrogens with two attached hydrogens (primary N) is 1. The highest BCUT2D eigenvalue weighted by Gasteiger charge is 2.17. The van der Waals surface area contributed by atoms with Crippen LogP contribution in [0.1, 0.15) is 56.2 Å². The van der Waals surface area contributed by atoms with E-state index in [9.17, 15) is 0 Å². The van der Waals surface area contributed by atoms with Crippen LogP contribution < -0.4 is 5.73 Å². The molecule has 0 radical (unpaired) electrons. The summed E-state index contributed by atoms with van der Waals surface area (Å²) in [5, 5.41) is 1.18. The van der Waals surface area contributed by atoms with E-state index in [-0.39, 0.29) is 0 Å². The van der Waals surface area contributed by atoms with Crippen molar-refractivity contribution in [1.82, 2.24) is 0 Å². The SMILES string of the molecule is CC(C)c1cc(C(C)C)c2occc2c1CN. The Kier molecular flexibility index (Phi) is 3.25. The van der Waals surface area contributed by atoms with Crippen LogP contribution >= 0.6 is 0 Å². The van der Waals surface area contributed by atoms with E-state index in [1.54, 1.807) is 6.26 Å². The molecule has 0 aliphatic heterocycles. The lowest BCUT2D eigenvalue weighted by Crippen LogP contribution is -2.05. The Bertz CT molecular complexity index is 523. The van der Waals surface area contributed by atoms with E-state index in [0.29, 0.717) is 18.4 Å². The first-order chi connectivity index (χ1) is 8.06. The maximum Gasteiger partial charge on any atom is 0.137 e. The summed E-state index contributed by atoms with van der Waals surface area (Å²) in [4.78, 5) is 0. The molecule has 0 amide bonds. The normalized spacial score (nSPS) is 11.9. The van der Waals surface area contributed by atoms with Gasteiger partial charge in [-0.2, -0.15) is 0 Å². The van der Waals surface area contributed by atoms with Gasteiger partial charge >= 0.3 is 0 Å². The van der Waals surface area contributed by atoms with Crippen molar-refractivity contribution in [2.75, 3.05) is 0 Å². The van der Waals surface area contributed by atoms with Crippen molar-refractivity contribution in [2.24, 2.45) is 5.73 Å². The van der Waals surface area contributed by atoms with E-state index in [0.717, 1.165) is 5.58 Å². The standard InChI is InChI=1S/C15H21NO/c1-9(2)12-7-13(10(3)4)15-11(5-6-17-15)14(12)8-16/h5-7,9-10H,8,16H2,1-4H3. The molecule has 1 aromatic carbocycles. The van der Waals surface area contributed by atoms with Gasteiger partial charge in [0.15, 0.2) is 0 Å². The fourth-order valence-corrected chi connectivity index (χ4v) is 2.42. The minimum atomic E-state index is 0.466. The summed E-state index contributed by atoms with van der Waals surface area (Å²) >= 11 is 0. The van der Waals surface area contributed by atoms with E-state index < -0.39 is 0 Å². The van der Waals surface area contributed by atoms with Crippen molar-refractivity contribution in [3.63, 3.8) is 0 Å². The maximum absolute atomic E-state index is 5.90. The third-order valence-electron chi connectivity index (χ3n) is 3.36. The zero-order chi connectivity index (χ0) is 12.6. The molecule has 0 bridgehead atoms. The second-order valence-corrected chi connectivity index (χ2v) is 5.21. The molecule has 0 unspecified atom stereocenters. The van der Waals surface area contributed by atoms with E-state index in [1.165, 1.54) is 22.1 Å². The van der Waals surface area contributed by atoms with Crippen molar-refractivity contribution in [3.05, 3.63) is 35.1 Å². The van der Waals surface area contributed by atoms with Crippen LogP contribution in [0.15, 0.2) is 22.8 Å². The first-order valence-corrected chi connectivity index (χ1v) is 6.29. The van der Waals surface area contributed by atoms with Crippen molar-refractivity contribution in [3.8, 4) is 0 Å². The Hall–Kier alpha value is -1.28. The van der Waals surface area contributed by atoms with Gasteiger partial charge in [0.2, 0.25) is 0 Å². The number of rotatable bonds is 3. The van der Waals surface area contributed by atoms with Crippen molar-refractivity contribution >= 4 is 11.0 Å². The molecule has 2 aromatic rings. The zero-order valence-electron chi connectivity index (χ0n) is 11.1. The largest absolute Gasteiger partial charge is 0.464 e. The average molecular weight is 231 g/mol. The fraction of sp³-hybridized carbons (Fsp3) is 0.467. The Balaban J connectivity index is 2.81. The summed E-state index contributed by atoms with van der Waals surface area (Å²) in [5.41, 5.74) is 10.8. The molecule has 1 aromatic heterocycles. The van der Waals surface area contributed by atoms with Crippen LogP contribution in [-0.4, -0.2) is 0 Å². The molecular weight excluding hydrogens is 210 g/mol. The van der Waals surface area contributed by atoms with Crippen LogP contribution in [0.25, 0.3) is 11.0 Å². The molecule has 0 aliphatic carbocycles. The van der Waals surface area contributed by atoms with Gasteiger partial charge < -0.3 is 10.2 Å². The molecule has 0 saturated carbocycles. The highest BCUT2D eigenvalue weighted by Crippen LogP contribution is 2.34. The van der Waals surface area contributed by atoms with Gasteiger partial charge in [0, 0.05) is 11.9 Å². The molecule has 2 rings (SSSR count). The minimum absolute atomic E-state index is 0.466. The van der Waals surface area contributed by atoms with Gasteiger partial charge in [-0.1, -0.05) is 33.8 Å². The number of hydrogen-bond donors (Lipinski definition) is 1. The summed E-state index contributed by atoms with van der Waals surface area (Å²) in [6, 6.07) is 4.30. The number of fused-ring (bicyclic) bond motifs is 1. The van der Waals surface area contributed by atoms with Gasteiger partial charge in [0.1, 0.15) is 5.58 Å². The van der Waals surface area contributed by atoms with E-state index in [1.807, 2.05) is 6.07 Å². The molecule has 1 heterocycles. The Morgan fingerprint density at radius 2 is 1.76 bits per heavy atom. The molecule has 0 fully saturated rings. The van der Waals surface area contributed by atoms with Crippen LogP contribution in [0.3, 0.4) is 0 Å². The second kappa shape index (κ2) is 4.53. The average Bonchev–Trinajstić information content (AvgIpc) is 2.74. The van der Waals surface area contributed by atoms with Crippen LogP contribution in [0, 0.1) is 0 Å². The molecule has 0 aliphatic rings. The molecule has 2 nitrogen and oxygen atoms in total. The fourth-order valence-electron chi connectivity index (χ4n) is 2.42. The quantitative estimate of drug-likeness (QED) is 0.862. The predicted octanol–water partition coefficient (Wildman–Crippen LogP) is 4.14. The smallest absolute Gasteiger partial charge is 0.137 e. The lowest BCUT2D eigenvalue weighted by molar-refractivity contribution is 0.606. The summed E-state index contributed by atoms with van der Waals surface area (Å²) in [6.07, 6.45) is 1.76. The first-order valence-electron chi connectivity index (χ1n) is 6.29. The van der Waals surface area contributed by atoms with Gasteiger partial charge in [0.05, 0.1) is 6.26 Å². The Labute approximate surface area is 103 Å². The summed E-state index contributed by atoms with van der Waals surface area (Å²) in [6.45, 7) is 9.39. The molecule has 0 spiro atoms. The second-order valence-electron chi connectivity index (χ2n) is 5.21. The summed E-state index contributed by atoms with van der Waals surface area (Å²) in [7, 11) is 0. The number of benzene rings is 1. The molecule has 17 heavy (non-hydrogen) atoms. The Morgan fingerprint density at radius 1 is 1.12 bits per heavy atom. The highest BCUT2D eigenvalue weighted by atomic mass is 16.3. The van der Waals surface area contributed by atoms with Crippen molar-refractivity contribution < 1.29 is 4.42 Å². The number of furan rings is 1. The lowest BCUT2D eigenvalue weighted by Gasteiger charge is -2.16. The monoisotopic (exact) mass is 231 g/mol. The molecule has 0 saturated heterocycles. The van der Waals surface area contributed by atoms with E-state index >= 15 is 0 Å². The van der Waals surface area contributed by atoms with Crippen LogP contribution in [0.5, 0.6) is 0 Å². The van der Waals surface area contributed by atoms with Crippen LogP contribution in [0.4, 0.5) is 0 Å². The zero-order valence-corrected chi connectivity index (χ0v) is 11.1. The van der Waals surface area contributed by atoms with Gasteiger partial charge in [0.25, 0.3) is 0 Å². The molecule has 92 valence electrons.